The average molecular weight is 240 g/mol. The molecule has 0 aromatic carbocycles. The summed E-state index contributed by atoms with van der Waals surface area (Å²) < 4.78 is 0. The van der Waals surface area contributed by atoms with E-state index in [2.05, 4.69) is 9.80 Å². The monoisotopic (exact) mass is 240 g/mol. The van der Waals surface area contributed by atoms with Gasteiger partial charge < -0.3 is 14.9 Å². The fraction of sp³-hybridized carbons (Fsp3) is 1.00. The molecule has 3 heteroatoms. The van der Waals surface area contributed by atoms with Gasteiger partial charge in [-0.25, -0.2) is 0 Å². The highest BCUT2D eigenvalue weighted by Crippen LogP contribution is 2.19. The van der Waals surface area contributed by atoms with E-state index in [1.165, 1.54) is 71.4 Å². The van der Waals surface area contributed by atoms with Gasteiger partial charge in [-0.15, -0.1) is 0 Å². The van der Waals surface area contributed by atoms with Gasteiger partial charge in [0.1, 0.15) is 0 Å². The van der Waals surface area contributed by atoms with Crippen LogP contribution < -0.4 is 0 Å². The standard InChI is InChI=1S/C14H28N2O/c17-12-6-14-5-4-9-16(13-14)11-10-15-7-2-1-3-8-15/h14,17H,1-13H2. The van der Waals surface area contributed by atoms with E-state index in [1.807, 2.05) is 0 Å². The number of aliphatic hydroxyl groups excluding tert-OH is 1. The lowest BCUT2D eigenvalue weighted by atomic mass is 9.95. The zero-order chi connectivity index (χ0) is 11.9. The Kier molecular flexibility index (Phi) is 5.75. The molecule has 2 aliphatic heterocycles. The molecule has 2 fully saturated rings. The van der Waals surface area contributed by atoms with Crippen LogP contribution in [0.25, 0.3) is 0 Å². The molecular formula is C14H28N2O. The second-order valence-corrected chi connectivity index (χ2v) is 5.72. The second-order valence-electron chi connectivity index (χ2n) is 5.72. The molecule has 1 unspecified atom stereocenters. The van der Waals surface area contributed by atoms with E-state index < -0.39 is 0 Å². The van der Waals surface area contributed by atoms with Crippen molar-refractivity contribution in [3.63, 3.8) is 0 Å². The maximum absolute atomic E-state index is 9.01. The molecule has 17 heavy (non-hydrogen) atoms. The number of hydrogen-bond acceptors (Lipinski definition) is 3. The second kappa shape index (κ2) is 7.34. The summed E-state index contributed by atoms with van der Waals surface area (Å²) in [5.74, 6) is 0.745. The molecule has 0 bridgehead atoms. The van der Waals surface area contributed by atoms with Crippen molar-refractivity contribution in [2.24, 2.45) is 5.92 Å². The van der Waals surface area contributed by atoms with Crippen LogP contribution in [0.3, 0.4) is 0 Å². The lowest BCUT2D eigenvalue weighted by molar-refractivity contribution is 0.125. The van der Waals surface area contributed by atoms with Gasteiger partial charge in [-0.2, -0.15) is 0 Å². The van der Waals surface area contributed by atoms with Crippen LogP contribution in [0.1, 0.15) is 38.5 Å². The van der Waals surface area contributed by atoms with Crippen LogP contribution in [-0.4, -0.2) is 60.8 Å². The summed E-state index contributed by atoms with van der Waals surface area (Å²) >= 11 is 0. The Morgan fingerprint density at radius 2 is 1.59 bits per heavy atom. The molecule has 2 saturated heterocycles. The Hall–Kier alpha value is -0.120. The molecule has 0 aromatic rings. The summed E-state index contributed by atoms with van der Waals surface area (Å²) in [5.41, 5.74) is 0. The molecule has 0 aromatic heterocycles. The Labute approximate surface area is 106 Å². The van der Waals surface area contributed by atoms with Crippen LogP contribution in [-0.2, 0) is 0 Å². The van der Waals surface area contributed by atoms with Crippen LogP contribution >= 0.6 is 0 Å². The maximum Gasteiger partial charge on any atom is 0.0434 e. The number of likely N-dealkylation sites (tertiary alicyclic amines) is 2. The van der Waals surface area contributed by atoms with Gasteiger partial charge >= 0.3 is 0 Å². The smallest absolute Gasteiger partial charge is 0.0434 e. The number of nitrogens with zero attached hydrogens (tertiary/aromatic N) is 2. The van der Waals surface area contributed by atoms with Crippen molar-refractivity contribution in [1.82, 2.24) is 9.80 Å². The van der Waals surface area contributed by atoms with Gasteiger partial charge in [0.15, 0.2) is 0 Å². The molecule has 2 heterocycles. The lowest BCUT2D eigenvalue weighted by Crippen LogP contribution is -2.42. The van der Waals surface area contributed by atoms with Gasteiger partial charge in [-0.1, -0.05) is 6.42 Å². The zero-order valence-corrected chi connectivity index (χ0v) is 11.1. The highest BCUT2D eigenvalue weighted by Gasteiger charge is 2.20. The van der Waals surface area contributed by atoms with E-state index in [0.29, 0.717) is 6.61 Å². The third-order valence-corrected chi connectivity index (χ3v) is 4.32. The molecule has 0 aliphatic carbocycles. The zero-order valence-electron chi connectivity index (χ0n) is 11.1. The molecule has 3 nitrogen and oxygen atoms in total. The van der Waals surface area contributed by atoms with Crippen molar-refractivity contribution in [1.29, 1.82) is 0 Å². The summed E-state index contributed by atoms with van der Waals surface area (Å²) in [4.78, 5) is 5.23. The summed E-state index contributed by atoms with van der Waals surface area (Å²) in [5, 5.41) is 9.01. The van der Waals surface area contributed by atoms with E-state index in [-0.39, 0.29) is 0 Å². The van der Waals surface area contributed by atoms with Gasteiger partial charge in [0.25, 0.3) is 0 Å². The van der Waals surface area contributed by atoms with Crippen LogP contribution in [0.15, 0.2) is 0 Å². The number of aliphatic hydroxyl groups is 1. The van der Waals surface area contributed by atoms with E-state index >= 15 is 0 Å². The summed E-state index contributed by atoms with van der Waals surface area (Å²) in [7, 11) is 0. The van der Waals surface area contributed by atoms with Crippen molar-refractivity contribution < 1.29 is 5.11 Å². The average Bonchev–Trinajstić information content (AvgIpc) is 2.39. The van der Waals surface area contributed by atoms with Crippen molar-refractivity contribution >= 4 is 0 Å². The molecule has 0 spiro atoms. The van der Waals surface area contributed by atoms with E-state index in [4.69, 9.17) is 5.11 Å². The van der Waals surface area contributed by atoms with Gasteiger partial charge in [0.05, 0.1) is 0 Å². The highest BCUT2D eigenvalue weighted by molar-refractivity contribution is 4.74. The van der Waals surface area contributed by atoms with E-state index in [9.17, 15) is 0 Å². The number of rotatable bonds is 5. The SMILES string of the molecule is OCCC1CCCN(CCN2CCCCC2)C1. The van der Waals surface area contributed by atoms with Crippen LogP contribution in [0.5, 0.6) is 0 Å². The first kappa shape index (κ1) is 13.3. The Morgan fingerprint density at radius 1 is 0.882 bits per heavy atom. The van der Waals surface area contributed by atoms with Crippen molar-refractivity contribution in [3.05, 3.63) is 0 Å². The van der Waals surface area contributed by atoms with E-state index in [1.54, 1.807) is 0 Å². The maximum atomic E-state index is 9.01. The minimum absolute atomic E-state index is 0.366. The first-order chi connectivity index (χ1) is 8.38. The molecule has 1 N–H and O–H groups in total. The molecule has 0 radical (unpaired) electrons. The van der Waals surface area contributed by atoms with Crippen molar-refractivity contribution in [2.45, 2.75) is 38.5 Å². The van der Waals surface area contributed by atoms with Crippen molar-refractivity contribution in [3.8, 4) is 0 Å². The predicted octanol–water partition coefficient (Wildman–Crippen LogP) is 1.57. The third kappa shape index (κ3) is 4.57. The molecular weight excluding hydrogens is 212 g/mol. The van der Waals surface area contributed by atoms with Gasteiger partial charge in [-0.05, 0) is 57.7 Å². The largest absolute Gasteiger partial charge is 0.396 e. The van der Waals surface area contributed by atoms with E-state index in [0.717, 1.165) is 12.3 Å². The minimum Gasteiger partial charge on any atom is -0.396 e. The Morgan fingerprint density at radius 3 is 2.35 bits per heavy atom. The molecule has 2 rings (SSSR count). The van der Waals surface area contributed by atoms with Gasteiger partial charge in [-0.3, -0.25) is 0 Å². The van der Waals surface area contributed by atoms with Gasteiger partial charge in [0.2, 0.25) is 0 Å². The molecule has 1 atom stereocenters. The lowest BCUT2D eigenvalue weighted by Gasteiger charge is -2.35. The highest BCUT2D eigenvalue weighted by atomic mass is 16.3. The minimum atomic E-state index is 0.366. The fourth-order valence-electron chi connectivity index (χ4n) is 3.24. The fourth-order valence-corrected chi connectivity index (χ4v) is 3.24. The van der Waals surface area contributed by atoms with Crippen LogP contribution in [0, 0.1) is 5.92 Å². The summed E-state index contributed by atoms with van der Waals surface area (Å²) in [6.07, 6.45) is 7.87. The molecule has 100 valence electrons. The first-order valence-corrected chi connectivity index (χ1v) is 7.44. The Balaban J connectivity index is 1.64. The number of hydrogen-bond donors (Lipinski definition) is 1. The van der Waals surface area contributed by atoms with Crippen LogP contribution in [0.2, 0.25) is 0 Å². The normalized spacial score (nSPS) is 28.4. The topological polar surface area (TPSA) is 26.7 Å². The number of piperidine rings is 2. The van der Waals surface area contributed by atoms with Gasteiger partial charge in [0, 0.05) is 26.2 Å². The molecule has 2 aliphatic rings. The quantitative estimate of drug-likeness (QED) is 0.790. The van der Waals surface area contributed by atoms with Crippen LogP contribution in [0.4, 0.5) is 0 Å². The molecule has 0 amide bonds. The summed E-state index contributed by atoms with van der Waals surface area (Å²) in [6, 6.07) is 0. The summed E-state index contributed by atoms with van der Waals surface area (Å²) in [6.45, 7) is 7.98. The Bertz CT molecular complexity index is 202. The molecule has 0 saturated carbocycles. The predicted molar refractivity (Wildman–Crippen MR) is 71.2 cm³/mol. The third-order valence-electron chi connectivity index (χ3n) is 4.32. The first-order valence-electron chi connectivity index (χ1n) is 7.44. The van der Waals surface area contributed by atoms with Crippen molar-refractivity contribution in [2.75, 3.05) is 45.9 Å².